The van der Waals surface area contributed by atoms with E-state index in [1.807, 2.05) is 0 Å². The molecule has 8 heteroatoms. The average Bonchev–Trinajstić information content (AvgIpc) is 2.38. The summed E-state index contributed by atoms with van der Waals surface area (Å²) < 4.78 is 26.3. The molecule has 0 aliphatic rings. The van der Waals surface area contributed by atoms with Crippen molar-refractivity contribution in [2.24, 2.45) is 0 Å². The van der Waals surface area contributed by atoms with Crippen LogP contribution in [0.3, 0.4) is 0 Å². The van der Waals surface area contributed by atoms with E-state index in [4.69, 9.17) is 5.73 Å². The predicted molar refractivity (Wildman–Crippen MR) is 64.7 cm³/mol. The number of nitrogens with two attached hydrogens (primary N) is 1. The van der Waals surface area contributed by atoms with Gasteiger partial charge in [-0.2, -0.15) is 0 Å². The molecule has 0 aliphatic carbocycles. The van der Waals surface area contributed by atoms with E-state index in [0.29, 0.717) is 5.69 Å². The molecule has 0 spiro atoms. The second-order valence-electron chi connectivity index (χ2n) is 3.41. The van der Waals surface area contributed by atoms with Crippen LogP contribution in [0.1, 0.15) is 5.69 Å². The first-order valence-corrected chi connectivity index (χ1v) is 6.53. The summed E-state index contributed by atoms with van der Waals surface area (Å²) in [5.74, 6) is -0.0345. The molecule has 2 aromatic heterocycles. The molecular weight excluding hydrogens is 254 g/mol. The van der Waals surface area contributed by atoms with Crippen molar-refractivity contribution in [3.63, 3.8) is 0 Å². The van der Waals surface area contributed by atoms with E-state index in [9.17, 15) is 8.42 Å². The second-order valence-corrected chi connectivity index (χ2v) is 5.15. The number of nitrogens with one attached hydrogen (secondary N) is 1. The number of pyridine rings is 1. The van der Waals surface area contributed by atoms with Crippen LogP contribution in [0.5, 0.6) is 0 Å². The Bertz CT molecular complexity index is 630. The van der Waals surface area contributed by atoms with E-state index < -0.39 is 10.0 Å². The Balaban J connectivity index is 2.16. The van der Waals surface area contributed by atoms with Gasteiger partial charge in [-0.25, -0.2) is 28.1 Å². The Morgan fingerprint density at radius 2 is 2.06 bits per heavy atom. The largest absolute Gasteiger partial charge is 0.383 e. The van der Waals surface area contributed by atoms with Crippen LogP contribution in [0.25, 0.3) is 0 Å². The lowest BCUT2D eigenvalue weighted by Gasteiger charge is -2.07. The Hall–Kier alpha value is -2.06. The van der Waals surface area contributed by atoms with Gasteiger partial charge in [-0.1, -0.05) is 0 Å². The Morgan fingerprint density at radius 1 is 1.22 bits per heavy atom. The first-order valence-electron chi connectivity index (χ1n) is 5.04. The lowest BCUT2D eigenvalue weighted by atomic mass is 10.4. The number of rotatable bonds is 4. The molecule has 0 saturated heterocycles. The number of anilines is 1. The standard InChI is InChI=1S/C10H11N5O2S/c11-10-9(2-1-4-13-10)18(16,17)15-6-8-3-5-12-7-14-8/h1-5,7,15H,6H2,(H2,11,13). The molecule has 0 radical (unpaired) electrons. The van der Waals surface area contributed by atoms with Crippen molar-refractivity contribution in [1.29, 1.82) is 0 Å². The third kappa shape index (κ3) is 2.79. The zero-order valence-electron chi connectivity index (χ0n) is 9.31. The molecule has 2 rings (SSSR count). The molecule has 18 heavy (non-hydrogen) atoms. The molecule has 3 N–H and O–H groups in total. The molecule has 94 valence electrons. The van der Waals surface area contributed by atoms with Crippen LogP contribution < -0.4 is 10.5 Å². The maximum Gasteiger partial charge on any atom is 0.244 e. The van der Waals surface area contributed by atoms with E-state index in [-0.39, 0.29) is 17.3 Å². The van der Waals surface area contributed by atoms with Gasteiger partial charge in [0, 0.05) is 12.4 Å². The number of sulfonamides is 1. The van der Waals surface area contributed by atoms with Crippen molar-refractivity contribution in [1.82, 2.24) is 19.7 Å². The smallest absolute Gasteiger partial charge is 0.244 e. The van der Waals surface area contributed by atoms with E-state index in [1.54, 1.807) is 6.07 Å². The van der Waals surface area contributed by atoms with Gasteiger partial charge in [0.25, 0.3) is 0 Å². The fourth-order valence-corrected chi connectivity index (χ4v) is 2.38. The van der Waals surface area contributed by atoms with Gasteiger partial charge in [-0.15, -0.1) is 0 Å². The SMILES string of the molecule is Nc1ncccc1S(=O)(=O)NCc1ccncn1. The van der Waals surface area contributed by atoms with Crippen molar-refractivity contribution in [2.75, 3.05) is 5.73 Å². The minimum Gasteiger partial charge on any atom is -0.383 e. The summed E-state index contributed by atoms with van der Waals surface area (Å²) >= 11 is 0. The van der Waals surface area contributed by atoms with Gasteiger partial charge in [0.15, 0.2) is 0 Å². The predicted octanol–water partition coefficient (Wildman–Crippen LogP) is -0.0677. The Morgan fingerprint density at radius 3 is 2.72 bits per heavy atom. The van der Waals surface area contributed by atoms with E-state index in [0.717, 1.165) is 0 Å². The number of hydrogen-bond acceptors (Lipinski definition) is 6. The van der Waals surface area contributed by atoms with Crippen LogP contribution in [-0.4, -0.2) is 23.4 Å². The van der Waals surface area contributed by atoms with Gasteiger partial charge in [0.1, 0.15) is 17.0 Å². The topological polar surface area (TPSA) is 111 Å². The summed E-state index contributed by atoms with van der Waals surface area (Å²) in [4.78, 5) is 11.3. The summed E-state index contributed by atoms with van der Waals surface area (Å²) in [5.41, 5.74) is 6.09. The second kappa shape index (κ2) is 5.07. The molecule has 0 atom stereocenters. The number of nitrogen functional groups attached to an aromatic ring is 1. The van der Waals surface area contributed by atoms with Gasteiger partial charge >= 0.3 is 0 Å². The number of hydrogen-bond donors (Lipinski definition) is 2. The zero-order valence-corrected chi connectivity index (χ0v) is 10.1. The minimum atomic E-state index is -3.69. The van der Waals surface area contributed by atoms with E-state index in [2.05, 4.69) is 19.7 Å². The van der Waals surface area contributed by atoms with Crippen molar-refractivity contribution in [2.45, 2.75) is 11.4 Å². The first kappa shape index (κ1) is 12.4. The minimum absolute atomic E-state index is 0.0345. The molecule has 0 amide bonds. The van der Waals surface area contributed by atoms with E-state index >= 15 is 0 Å². The monoisotopic (exact) mass is 265 g/mol. The summed E-state index contributed by atoms with van der Waals surface area (Å²) in [7, 11) is -3.69. The summed E-state index contributed by atoms with van der Waals surface area (Å²) in [5, 5.41) is 0. The molecule has 2 heterocycles. The molecule has 0 aliphatic heterocycles. The summed E-state index contributed by atoms with van der Waals surface area (Å²) in [6, 6.07) is 4.52. The molecule has 0 bridgehead atoms. The summed E-state index contributed by atoms with van der Waals surface area (Å²) in [6.07, 6.45) is 4.32. The Labute approximate surface area is 104 Å². The molecule has 0 saturated carbocycles. The number of aromatic nitrogens is 3. The Kier molecular flexibility index (Phi) is 3.49. The normalized spacial score (nSPS) is 11.3. The molecule has 0 unspecified atom stereocenters. The van der Waals surface area contributed by atoms with Crippen molar-refractivity contribution >= 4 is 15.8 Å². The third-order valence-corrected chi connectivity index (χ3v) is 3.62. The maximum absolute atomic E-state index is 12.0. The molecular formula is C10H11N5O2S. The van der Waals surface area contributed by atoms with Crippen LogP contribution in [0.4, 0.5) is 5.82 Å². The summed E-state index contributed by atoms with van der Waals surface area (Å²) in [6.45, 7) is 0.0686. The van der Waals surface area contributed by atoms with Crippen molar-refractivity contribution in [3.8, 4) is 0 Å². The fourth-order valence-electron chi connectivity index (χ4n) is 1.30. The van der Waals surface area contributed by atoms with Crippen LogP contribution in [0.15, 0.2) is 41.8 Å². The molecule has 7 nitrogen and oxygen atoms in total. The lowest BCUT2D eigenvalue weighted by molar-refractivity contribution is 0.580. The third-order valence-electron chi connectivity index (χ3n) is 2.18. The lowest BCUT2D eigenvalue weighted by Crippen LogP contribution is -2.24. The molecule has 0 fully saturated rings. The average molecular weight is 265 g/mol. The van der Waals surface area contributed by atoms with Gasteiger partial charge in [0.2, 0.25) is 10.0 Å². The van der Waals surface area contributed by atoms with Crippen molar-refractivity contribution in [3.05, 3.63) is 42.6 Å². The first-order chi connectivity index (χ1) is 8.59. The van der Waals surface area contributed by atoms with Gasteiger partial charge in [0.05, 0.1) is 12.2 Å². The van der Waals surface area contributed by atoms with Gasteiger partial charge < -0.3 is 5.73 Å². The fraction of sp³-hybridized carbons (Fsp3) is 0.100. The molecule has 2 aromatic rings. The highest BCUT2D eigenvalue weighted by atomic mass is 32.2. The quantitative estimate of drug-likeness (QED) is 0.800. The van der Waals surface area contributed by atoms with Crippen LogP contribution >= 0.6 is 0 Å². The number of nitrogens with zero attached hydrogens (tertiary/aromatic N) is 3. The van der Waals surface area contributed by atoms with Gasteiger partial charge in [-0.05, 0) is 18.2 Å². The highest BCUT2D eigenvalue weighted by molar-refractivity contribution is 7.89. The van der Waals surface area contributed by atoms with Crippen LogP contribution in [0.2, 0.25) is 0 Å². The van der Waals surface area contributed by atoms with Crippen LogP contribution in [-0.2, 0) is 16.6 Å². The van der Waals surface area contributed by atoms with Crippen LogP contribution in [0, 0.1) is 0 Å². The highest BCUT2D eigenvalue weighted by Gasteiger charge is 2.17. The van der Waals surface area contributed by atoms with E-state index in [1.165, 1.54) is 30.9 Å². The zero-order chi connectivity index (χ0) is 13.0. The molecule has 0 aromatic carbocycles. The van der Waals surface area contributed by atoms with Crippen molar-refractivity contribution < 1.29 is 8.42 Å². The maximum atomic E-state index is 12.0. The van der Waals surface area contributed by atoms with Gasteiger partial charge in [-0.3, -0.25) is 0 Å². The highest BCUT2D eigenvalue weighted by Crippen LogP contribution is 2.14.